The smallest absolute Gasteiger partial charge is 0.380 e. The van der Waals surface area contributed by atoms with Crippen molar-refractivity contribution in [1.29, 1.82) is 5.26 Å². The van der Waals surface area contributed by atoms with E-state index in [1.807, 2.05) is 69.0 Å². The topological polar surface area (TPSA) is 128 Å². The third kappa shape index (κ3) is 8.12. The second-order valence-electron chi connectivity index (χ2n) is 13.3. The van der Waals surface area contributed by atoms with Crippen LogP contribution in [0, 0.1) is 16.7 Å². The van der Waals surface area contributed by atoms with Gasteiger partial charge in [-0.3, -0.25) is 9.58 Å². The van der Waals surface area contributed by atoms with Crippen molar-refractivity contribution < 1.29 is 14.1 Å². The minimum atomic E-state index is -0.149. The van der Waals surface area contributed by atoms with Gasteiger partial charge < -0.3 is 15.0 Å². The highest BCUT2D eigenvalue weighted by molar-refractivity contribution is 5.74. The predicted molar refractivity (Wildman–Crippen MR) is 189 cm³/mol. The molecule has 2 aliphatic heterocycles. The summed E-state index contributed by atoms with van der Waals surface area (Å²) in [4.78, 5) is 31.8. The lowest BCUT2D eigenvalue weighted by Crippen LogP contribution is -2.44. The van der Waals surface area contributed by atoms with Crippen molar-refractivity contribution in [3.63, 3.8) is 0 Å². The van der Waals surface area contributed by atoms with Crippen molar-refractivity contribution in [3.8, 4) is 17.2 Å². The van der Waals surface area contributed by atoms with E-state index >= 15 is 0 Å². The van der Waals surface area contributed by atoms with Crippen LogP contribution in [0.2, 0.25) is 0 Å². The molecule has 3 aromatic heterocycles. The van der Waals surface area contributed by atoms with E-state index in [-0.39, 0.29) is 17.5 Å². The van der Waals surface area contributed by atoms with Crippen molar-refractivity contribution in [2.24, 2.45) is 12.5 Å². The number of hydrogen-bond donors (Lipinski definition) is 1. The number of anilines is 2. The van der Waals surface area contributed by atoms with Crippen LogP contribution in [0.4, 0.5) is 22.4 Å². The molecule has 2 aliphatic rings. The molecule has 1 spiro atoms. The molecule has 1 atom stereocenters. The molecule has 5 heterocycles. The van der Waals surface area contributed by atoms with Crippen LogP contribution in [0.25, 0.3) is 11.1 Å². The van der Waals surface area contributed by atoms with E-state index in [1.165, 1.54) is 0 Å². The van der Waals surface area contributed by atoms with Crippen molar-refractivity contribution in [2.75, 3.05) is 43.6 Å². The van der Waals surface area contributed by atoms with Gasteiger partial charge in [-0.2, -0.15) is 19.9 Å². The van der Waals surface area contributed by atoms with Crippen LogP contribution in [-0.2, 0) is 18.3 Å². The Morgan fingerprint density at radius 1 is 1.14 bits per heavy atom. The molecule has 1 aromatic carbocycles. The zero-order valence-corrected chi connectivity index (χ0v) is 28.6. The standard InChI is InChI=1S/C37H45N10O2/c1-4-10-32(42-35-40-21-30(19-38)34(43-35)46-18-16-37(25-46)26-49-27-37)13-8-9-17-47(36(48)44(2)23-28-11-6-5-7-12-28)33-15-14-29(20-39-33)31-22-41-45(3)24-31/h5-7,11-12,14-15,17,20-22,24,32H,4,8-10,13,16,18,23,25-27H2,1-3H3,(H,40,42,43)/q+1/b47-17-/t32-/m1/s1. The van der Waals surface area contributed by atoms with Crippen LogP contribution in [-0.4, -0.2) is 85.8 Å². The summed E-state index contributed by atoms with van der Waals surface area (Å²) in [6.45, 7) is 5.91. The monoisotopic (exact) mass is 661 g/mol. The molecule has 6 rings (SSSR count). The Hall–Kier alpha value is -5.15. The lowest BCUT2D eigenvalue weighted by molar-refractivity contribution is -0.344. The van der Waals surface area contributed by atoms with Crippen LogP contribution in [0.5, 0.6) is 0 Å². The van der Waals surface area contributed by atoms with Crippen molar-refractivity contribution in [1.82, 2.24) is 29.6 Å². The molecule has 1 N–H and O–H groups in total. The first-order valence-electron chi connectivity index (χ1n) is 17.1. The lowest BCUT2D eigenvalue weighted by Gasteiger charge is -2.37. The van der Waals surface area contributed by atoms with Gasteiger partial charge in [0.25, 0.3) is 5.82 Å². The Balaban J connectivity index is 1.14. The second-order valence-corrected chi connectivity index (χ2v) is 13.3. The molecule has 0 saturated carbocycles. The van der Waals surface area contributed by atoms with Gasteiger partial charge in [0.2, 0.25) is 5.95 Å². The molecule has 0 unspecified atom stereocenters. The van der Waals surface area contributed by atoms with Gasteiger partial charge >= 0.3 is 6.03 Å². The van der Waals surface area contributed by atoms with Gasteiger partial charge in [0, 0.05) is 55.0 Å². The summed E-state index contributed by atoms with van der Waals surface area (Å²) in [6.07, 6.45) is 14.5. The van der Waals surface area contributed by atoms with E-state index < -0.39 is 0 Å². The first-order valence-corrected chi connectivity index (χ1v) is 17.1. The van der Waals surface area contributed by atoms with Crippen LogP contribution in [0.3, 0.4) is 0 Å². The Bertz CT molecular complexity index is 1790. The summed E-state index contributed by atoms with van der Waals surface area (Å²) in [5, 5.41) is 17.6. The number of nitrogens with one attached hydrogen (secondary N) is 1. The maximum atomic E-state index is 13.8. The van der Waals surface area contributed by atoms with Crippen molar-refractivity contribution >= 4 is 29.8 Å². The molecule has 0 radical (unpaired) electrons. The number of nitriles is 1. The van der Waals surface area contributed by atoms with Crippen LogP contribution < -0.4 is 10.2 Å². The minimum Gasteiger partial charge on any atom is -0.380 e. The summed E-state index contributed by atoms with van der Waals surface area (Å²) in [5.74, 6) is 1.80. The maximum absolute atomic E-state index is 13.8. The van der Waals surface area contributed by atoms with Gasteiger partial charge in [0.05, 0.1) is 45.4 Å². The van der Waals surface area contributed by atoms with Gasteiger partial charge in [0.15, 0.2) is 5.82 Å². The first-order chi connectivity index (χ1) is 23.9. The molecular formula is C37H45N10O2+. The number of carbonyl (C=O) groups excluding carboxylic acids is 1. The third-order valence-corrected chi connectivity index (χ3v) is 9.31. The first kappa shape index (κ1) is 33.7. The molecule has 12 heteroatoms. The van der Waals surface area contributed by atoms with Crippen molar-refractivity contribution in [2.45, 2.75) is 58.0 Å². The van der Waals surface area contributed by atoms with Crippen LogP contribution in [0.15, 0.2) is 67.3 Å². The second kappa shape index (κ2) is 15.4. The summed E-state index contributed by atoms with van der Waals surface area (Å²) in [6, 6.07) is 16.1. The van der Waals surface area contributed by atoms with Crippen LogP contribution >= 0.6 is 0 Å². The molecule has 49 heavy (non-hydrogen) atoms. The SMILES string of the molecule is CCC[C@H](CCC/C=[N+](\C(=O)N(C)Cc1ccccc1)c1ccc(-c2cnn(C)c2)cn1)Nc1ncc(C#N)c(N2CCC3(COC3)C2)n1. The average molecular weight is 662 g/mol. The fourth-order valence-electron chi connectivity index (χ4n) is 6.56. The largest absolute Gasteiger partial charge is 0.443 e. The van der Waals surface area contributed by atoms with E-state index in [0.29, 0.717) is 36.1 Å². The number of ether oxygens (including phenoxy) is 1. The minimum absolute atomic E-state index is 0.144. The maximum Gasteiger partial charge on any atom is 0.443 e. The summed E-state index contributed by atoms with van der Waals surface area (Å²) < 4.78 is 8.90. The molecule has 2 saturated heterocycles. The summed E-state index contributed by atoms with van der Waals surface area (Å²) >= 11 is 0. The van der Waals surface area contributed by atoms with E-state index in [4.69, 9.17) is 14.7 Å². The Morgan fingerprint density at radius 2 is 1.98 bits per heavy atom. The molecule has 4 aromatic rings. The zero-order chi connectivity index (χ0) is 34.2. The van der Waals surface area contributed by atoms with E-state index in [0.717, 1.165) is 75.1 Å². The number of hydrogen-bond acceptors (Lipinski definition) is 9. The van der Waals surface area contributed by atoms with Gasteiger partial charge in [-0.15, -0.1) is 4.98 Å². The molecular weight excluding hydrogens is 616 g/mol. The highest BCUT2D eigenvalue weighted by Crippen LogP contribution is 2.39. The fraction of sp³-hybridized carbons (Fsp3) is 0.432. The Kier molecular flexibility index (Phi) is 10.6. The summed E-state index contributed by atoms with van der Waals surface area (Å²) in [5.41, 5.74) is 3.64. The number of rotatable bonds is 13. The number of carbonyl (C=O) groups is 1. The van der Waals surface area contributed by atoms with Gasteiger partial charge in [0.1, 0.15) is 17.8 Å². The molecule has 2 fully saturated rings. The number of aryl methyl sites for hydroxylation is 1. The van der Waals surface area contributed by atoms with E-state index in [9.17, 15) is 10.1 Å². The van der Waals surface area contributed by atoms with Crippen LogP contribution in [0.1, 0.15) is 56.6 Å². The molecule has 254 valence electrons. The highest BCUT2D eigenvalue weighted by Gasteiger charge is 2.45. The van der Waals surface area contributed by atoms with Gasteiger partial charge in [-0.05, 0) is 43.7 Å². The van der Waals surface area contributed by atoms with Crippen molar-refractivity contribution in [3.05, 3.63) is 78.4 Å². The van der Waals surface area contributed by atoms with E-state index in [2.05, 4.69) is 33.3 Å². The quantitative estimate of drug-likeness (QED) is 0.108. The number of unbranched alkanes of at least 4 members (excludes halogenated alkanes) is 1. The number of aromatic nitrogens is 5. The molecule has 2 amide bonds. The number of benzene rings is 1. The van der Waals surface area contributed by atoms with Gasteiger partial charge in [-0.1, -0.05) is 43.7 Å². The molecule has 0 aliphatic carbocycles. The lowest BCUT2D eigenvalue weighted by atomic mass is 9.85. The normalized spacial score (nSPS) is 15.9. The number of pyridine rings is 1. The molecule has 0 bridgehead atoms. The van der Waals surface area contributed by atoms with Gasteiger partial charge in [-0.25, -0.2) is 9.78 Å². The molecule has 12 nitrogen and oxygen atoms in total. The number of urea groups is 1. The average Bonchev–Trinajstić information content (AvgIpc) is 3.76. The summed E-state index contributed by atoms with van der Waals surface area (Å²) in [7, 11) is 3.70. The predicted octanol–water partition coefficient (Wildman–Crippen LogP) is 5.79. The Morgan fingerprint density at radius 3 is 2.63 bits per heavy atom. The Labute approximate surface area is 288 Å². The highest BCUT2D eigenvalue weighted by atomic mass is 16.5. The zero-order valence-electron chi connectivity index (χ0n) is 28.6. The van der Waals surface area contributed by atoms with E-state index in [1.54, 1.807) is 32.7 Å². The number of amides is 2. The number of nitrogens with zero attached hydrogens (tertiary/aromatic N) is 9. The fourth-order valence-corrected chi connectivity index (χ4v) is 6.56. The third-order valence-electron chi connectivity index (χ3n) is 9.31.